The summed E-state index contributed by atoms with van der Waals surface area (Å²) in [6.07, 6.45) is -0.776. The molecule has 0 saturated heterocycles. The van der Waals surface area contributed by atoms with Crippen molar-refractivity contribution in [3.63, 3.8) is 0 Å². The Hall–Kier alpha value is -3.57. The average molecular weight is 499 g/mol. The molecular weight excluding hydrogens is 468 g/mol. The third-order valence-corrected chi connectivity index (χ3v) is 5.42. The highest BCUT2D eigenvalue weighted by Crippen LogP contribution is 2.30. The Balaban J connectivity index is 2.45. The number of nitriles is 1. The number of ether oxygens (including phenoxy) is 1. The number of nitrogens with one attached hydrogen (secondary N) is 2. The molecule has 2 N–H and O–H groups in total. The minimum absolute atomic E-state index is 0.350. The largest absolute Gasteiger partial charge is 0.444 e. The summed E-state index contributed by atoms with van der Waals surface area (Å²) in [5, 5.41) is 15.1. The summed E-state index contributed by atoms with van der Waals surface area (Å²) in [6, 6.07) is 11.6. The van der Waals surface area contributed by atoms with Crippen LogP contribution in [0.3, 0.4) is 0 Å². The molecule has 8 nitrogen and oxygen atoms in total. The van der Waals surface area contributed by atoms with Crippen molar-refractivity contribution in [2.75, 3.05) is 18.4 Å². The summed E-state index contributed by atoms with van der Waals surface area (Å²) in [5.41, 5.74) is 2.64. The van der Waals surface area contributed by atoms with Crippen molar-refractivity contribution in [1.82, 2.24) is 10.2 Å². The molecule has 35 heavy (non-hydrogen) atoms. The van der Waals surface area contributed by atoms with Gasteiger partial charge in [-0.3, -0.25) is 9.59 Å². The monoisotopic (exact) mass is 498 g/mol. The van der Waals surface area contributed by atoms with Crippen molar-refractivity contribution in [1.29, 1.82) is 5.26 Å². The number of anilines is 1. The summed E-state index contributed by atoms with van der Waals surface area (Å²) in [7, 11) is 0. The van der Waals surface area contributed by atoms with Crippen LogP contribution in [0.15, 0.2) is 36.4 Å². The zero-order valence-electron chi connectivity index (χ0n) is 20.9. The number of hydrogen-bond donors (Lipinski definition) is 2. The molecule has 0 aromatic heterocycles. The van der Waals surface area contributed by atoms with E-state index < -0.39 is 36.1 Å². The summed E-state index contributed by atoms with van der Waals surface area (Å²) < 4.78 is 5.18. The van der Waals surface area contributed by atoms with Gasteiger partial charge in [-0.25, -0.2) is 4.79 Å². The highest BCUT2D eigenvalue weighted by molar-refractivity contribution is 6.34. The van der Waals surface area contributed by atoms with Crippen LogP contribution in [0, 0.1) is 32.1 Å². The molecule has 0 fully saturated rings. The van der Waals surface area contributed by atoms with E-state index in [2.05, 4.69) is 10.6 Å². The Morgan fingerprint density at radius 1 is 1.11 bits per heavy atom. The molecule has 0 aliphatic rings. The molecule has 2 aromatic carbocycles. The van der Waals surface area contributed by atoms with E-state index in [0.717, 1.165) is 21.6 Å². The number of hydrogen-bond acceptors (Lipinski definition) is 5. The van der Waals surface area contributed by atoms with Gasteiger partial charge in [0, 0.05) is 0 Å². The molecule has 3 amide bonds. The average Bonchev–Trinajstić information content (AvgIpc) is 2.75. The Morgan fingerprint density at radius 2 is 1.80 bits per heavy atom. The van der Waals surface area contributed by atoms with Crippen molar-refractivity contribution in [3.8, 4) is 6.07 Å². The summed E-state index contributed by atoms with van der Waals surface area (Å²) >= 11 is 6.31. The first-order valence-corrected chi connectivity index (χ1v) is 11.5. The lowest BCUT2D eigenvalue weighted by atomic mass is 9.96. The van der Waals surface area contributed by atoms with Gasteiger partial charge in [0.25, 0.3) is 5.91 Å². The molecule has 1 atom stereocenters. The lowest BCUT2D eigenvalue weighted by molar-refractivity contribution is -0.137. The van der Waals surface area contributed by atoms with Gasteiger partial charge in [-0.05, 0) is 64.3 Å². The molecule has 0 aliphatic carbocycles. The lowest BCUT2D eigenvalue weighted by Gasteiger charge is -2.31. The van der Waals surface area contributed by atoms with Crippen molar-refractivity contribution in [2.24, 2.45) is 0 Å². The fourth-order valence-electron chi connectivity index (χ4n) is 3.45. The zero-order chi connectivity index (χ0) is 26.3. The van der Waals surface area contributed by atoms with E-state index in [1.165, 1.54) is 0 Å². The number of carbonyl (C=O) groups is 3. The second-order valence-electron chi connectivity index (χ2n) is 9.22. The number of para-hydroxylation sites is 1. The van der Waals surface area contributed by atoms with E-state index in [9.17, 15) is 19.6 Å². The number of halogens is 1. The minimum atomic E-state index is -1.14. The van der Waals surface area contributed by atoms with Crippen molar-refractivity contribution in [3.05, 3.63) is 63.7 Å². The summed E-state index contributed by atoms with van der Waals surface area (Å²) in [6.45, 7) is 9.78. The quantitative estimate of drug-likeness (QED) is 0.531. The van der Waals surface area contributed by atoms with Crippen molar-refractivity contribution in [2.45, 2.75) is 53.2 Å². The van der Waals surface area contributed by atoms with Crippen LogP contribution in [0.5, 0.6) is 0 Å². The number of rotatable bonds is 7. The Bertz CT molecular complexity index is 1130. The molecule has 2 rings (SSSR count). The highest BCUT2D eigenvalue weighted by Gasteiger charge is 2.33. The van der Waals surface area contributed by atoms with Crippen LogP contribution < -0.4 is 10.6 Å². The molecule has 2 aromatic rings. The predicted molar refractivity (Wildman–Crippen MR) is 135 cm³/mol. The number of nitrogens with zero attached hydrogens (tertiary/aromatic N) is 2. The molecule has 186 valence electrons. The van der Waals surface area contributed by atoms with Crippen LogP contribution in [-0.2, 0) is 14.3 Å². The Kier molecular flexibility index (Phi) is 9.26. The Morgan fingerprint density at radius 3 is 2.40 bits per heavy atom. The zero-order valence-corrected chi connectivity index (χ0v) is 21.6. The smallest absolute Gasteiger partial charge is 0.408 e. The van der Waals surface area contributed by atoms with Crippen molar-refractivity contribution >= 4 is 35.2 Å². The van der Waals surface area contributed by atoms with E-state index in [1.54, 1.807) is 52.0 Å². The first-order valence-electron chi connectivity index (χ1n) is 11.1. The normalized spacial score (nSPS) is 11.7. The second-order valence-corrected chi connectivity index (χ2v) is 9.63. The number of carbonyl (C=O) groups excluding carboxylic acids is 3. The molecule has 0 heterocycles. The van der Waals surface area contributed by atoms with Crippen LogP contribution in [0.1, 0.15) is 49.1 Å². The fraction of sp³-hybridized carbons (Fsp3) is 0.385. The molecule has 0 radical (unpaired) electrons. The molecular formula is C26H31ClN4O4. The van der Waals surface area contributed by atoms with Gasteiger partial charge in [-0.2, -0.15) is 5.26 Å². The minimum Gasteiger partial charge on any atom is -0.444 e. The number of alkyl carbamates (subject to hydrolysis) is 1. The second kappa shape index (κ2) is 11.7. The third-order valence-electron chi connectivity index (χ3n) is 5.10. The van der Waals surface area contributed by atoms with Crippen LogP contribution in [0.4, 0.5) is 10.5 Å². The standard InChI is InChI=1S/C26H31ClN4O4/c1-16-10-11-17(2)19(14-16)23(24(33)30-22-18(3)8-7-9-20(22)27)31(13-12-28)21(32)15-29-25(34)35-26(4,5)6/h7-11,14,23H,13,15H2,1-6H3,(H,29,34)(H,30,33). The molecule has 0 saturated carbocycles. The summed E-state index contributed by atoms with van der Waals surface area (Å²) in [5.74, 6) is -1.15. The van der Waals surface area contributed by atoms with Crippen LogP contribution in [0.2, 0.25) is 5.02 Å². The van der Waals surface area contributed by atoms with Gasteiger partial charge >= 0.3 is 6.09 Å². The van der Waals surface area contributed by atoms with Gasteiger partial charge in [0.05, 0.1) is 16.8 Å². The van der Waals surface area contributed by atoms with E-state index in [1.807, 2.05) is 32.0 Å². The Labute approximate surface area is 211 Å². The number of aryl methyl sites for hydroxylation is 3. The van der Waals surface area contributed by atoms with Crippen molar-refractivity contribution < 1.29 is 19.1 Å². The maximum absolute atomic E-state index is 13.6. The van der Waals surface area contributed by atoms with Gasteiger partial charge in [0.1, 0.15) is 24.7 Å². The number of benzene rings is 2. The maximum Gasteiger partial charge on any atom is 0.408 e. The summed E-state index contributed by atoms with van der Waals surface area (Å²) in [4.78, 5) is 40.1. The molecule has 9 heteroatoms. The van der Waals surface area contributed by atoms with E-state index >= 15 is 0 Å². The van der Waals surface area contributed by atoms with Gasteiger partial charge in [0.2, 0.25) is 5.91 Å². The van der Waals surface area contributed by atoms with Gasteiger partial charge in [-0.15, -0.1) is 0 Å². The SMILES string of the molecule is Cc1ccc(C)c(C(C(=O)Nc2c(C)cccc2Cl)N(CC#N)C(=O)CNC(=O)OC(C)(C)C)c1. The molecule has 1 unspecified atom stereocenters. The first kappa shape index (κ1) is 27.7. The number of amides is 3. The van der Waals surface area contributed by atoms with Gasteiger partial charge in [0.15, 0.2) is 0 Å². The highest BCUT2D eigenvalue weighted by atomic mass is 35.5. The van der Waals surface area contributed by atoms with Gasteiger partial charge in [-0.1, -0.05) is 47.5 Å². The van der Waals surface area contributed by atoms with Crippen LogP contribution in [-0.4, -0.2) is 41.5 Å². The first-order chi connectivity index (χ1) is 16.3. The maximum atomic E-state index is 13.6. The topological polar surface area (TPSA) is 112 Å². The van der Waals surface area contributed by atoms with Gasteiger partial charge < -0.3 is 20.3 Å². The molecule has 0 spiro atoms. The fourth-order valence-corrected chi connectivity index (χ4v) is 3.72. The third kappa shape index (κ3) is 7.72. The lowest BCUT2D eigenvalue weighted by Crippen LogP contribution is -2.47. The molecule has 0 bridgehead atoms. The van der Waals surface area contributed by atoms with E-state index in [4.69, 9.17) is 16.3 Å². The van der Waals surface area contributed by atoms with E-state index in [-0.39, 0.29) is 6.54 Å². The molecule has 0 aliphatic heterocycles. The predicted octanol–water partition coefficient (Wildman–Crippen LogP) is 4.82. The van der Waals surface area contributed by atoms with E-state index in [0.29, 0.717) is 16.3 Å². The van der Waals surface area contributed by atoms with Crippen LogP contribution >= 0.6 is 11.6 Å². The van der Waals surface area contributed by atoms with Crippen LogP contribution in [0.25, 0.3) is 0 Å².